The predicted molar refractivity (Wildman–Crippen MR) is 68.4 cm³/mol. The predicted octanol–water partition coefficient (Wildman–Crippen LogP) is -1.10. The summed E-state index contributed by atoms with van der Waals surface area (Å²) in [6, 6.07) is 4.94. The van der Waals surface area contributed by atoms with E-state index in [2.05, 4.69) is 4.72 Å². The van der Waals surface area contributed by atoms with E-state index in [0.29, 0.717) is 0 Å². The largest absolute Gasteiger partial charge is 0.479 e. The van der Waals surface area contributed by atoms with Crippen molar-refractivity contribution in [2.45, 2.75) is 17.4 Å². The Morgan fingerprint density at radius 2 is 1.80 bits per heavy atom. The quantitative estimate of drug-likeness (QED) is 0.502. The van der Waals surface area contributed by atoms with Crippen molar-refractivity contribution >= 4 is 21.9 Å². The topological polar surface area (TPSA) is 147 Å². The molecular weight excluding hydrogens is 288 g/mol. The highest BCUT2D eigenvalue weighted by Gasteiger charge is 2.17. The number of nitrogens with two attached hydrogens (primary N) is 1. The number of sulfonamides is 1. The second-order valence-electron chi connectivity index (χ2n) is 3.93. The van der Waals surface area contributed by atoms with Crippen LogP contribution in [0.5, 0.6) is 0 Å². The van der Waals surface area contributed by atoms with Crippen molar-refractivity contribution in [3.05, 3.63) is 29.8 Å². The number of benzene rings is 1. The van der Waals surface area contributed by atoms with Gasteiger partial charge in [-0.3, -0.25) is 4.79 Å². The van der Waals surface area contributed by atoms with Gasteiger partial charge in [0.15, 0.2) is 6.10 Å². The van der Waals surface area contributed by atoms with Crippen LogP contribution in [0.1, 0.15) is 16.8 Å². The average molecular weight is 302 g/mol. The fourth-order valence-electron chi connectivity index (χ4n) is 1.34. The highest BCUT2D eigenvalue weighted by molar-refractivity contribution is 7.89. The highest BCUT2D eigenvalue weighted by atomic mass is 32.2. The van der Waals surface area contributed by atoms with Gasteiger partial charge in [0.2, 0.25) is 15.9 Å². The number of carbonyl (C=O) groups is 2. The van der Waals surface area contributed by atoms with Gasteiger partial charge in [-0.1, -0.05) is 0 Å². The van der Waals surface area contributed by atoms with Crippen LogP contribution in [0.15, 0.2) is 29.2 Å². The third kappa shape index (κ3) is 4.30. The van der Waals surface area contributed by atoms with Crippen LogP contribution in [-0.4, -0.2) is 43.2 Å². The number of hydrogen-bond donors (Lipinski definition) is 4. The van der Waals surface area contributed by atoms with Crippen LogP contribution < -0.4 is 10.5 Å². The maximum absolute atomic E-state index is 11.8. The first-order valence-corrected chi connectivity index (χ1v) is 7.03. The molecule has 110 valence electrons. The molecule has 0 aliphatic heterocycles. The number of aliphatic carboxylic acids is 1. The number of primary amides is 1. The summed E-state index contributed by atoms with van der Waals surface area (Å²) in [5, 5.41) is 17.4. The first-order chi connectivity index (χ1) is 9.24. The van der Waals surface area contributed by atoms with Gasteiger partial charge in [0.1, 0.15) is 0 Å². The molecule has 0 aliphatic carbocycles. The van der Waals surface area contributed by atoms with Crippen molar-refractivity contribution < 1.29 is 28.2 Å². The molecule has 0 radical (unpaired) electrons. The summed E-state index contributed by atoms with van der Waals surface area (Å²) in [5.74, 6) is -2.10. The summed E-state index contributed by atoms with van der Waals surface area (Å²) in [6.07, 6.45) is -1.89. The molecule has 0 heterocycles. The molecule has 1 aromatic rings. The Balaban J connectivity index is 2.69. The minimum absolute atomic E-state index is 0.0904. The molecule has 0 spiro atoms. The van der Waals surface area contributed by atoms with E-state index in [4.69, 9.17) is 15.9 Å². The van der Waals surface area contributed by atoms with Gasteiger partial charge >= 0.3 is 5.97 Å². The Morgan fingerprint density at radius 1 is 1.25 bits per heavy atom. The molecule has 0 fully saturated rings. The van der Waals surface area contributed by atoms with E-state index in [1.54, 1.807) is 0 Å². The SMILES string of the molecule is NC(=O)c1ccc(S(=O)(=O)NCCC(O)C(=O)O)cc1. The van der Waals surface area contributed by atoms with Gasteiger partial charge in [-0.25, -0.2) is 17.9 Å². The number of carboxylic acid groups (broad SMARTS) is 1. The van der Waals surface area contributed by atoms with E-state index in [9.17, 15) is 18.0 Å². The minimum Gasteiger partial charge on any atom is -0.479 e. The number of carbonyl (C=O) groups excluding carboxylic acids is 1. The van der Waals surface area contributed by atoms with Gasteiger partial charge in [0.05, 0.1) is 4.90 Å². The Labute approximate surface area is 115 Å². The molecule has 1 amide bonds. The summed E-state index contributed by atoms with van der Waals surface area (Å²) in [5.41, 5.74) is 5.20. The molecule has 1 unspecified atom stereocenters. The van der Waals surface area contributed by atoms with Crippen LogP contribution in [0.3, 0.4) is 0 Å². The Hall–Kier alpha value is -1.97. The molecule has 0 saturated carbocycles. The molecule has 0 aliphatic rings. The van der Waals surface area contributed by atoms with Crippen LogP contribution in [0.2, 0.25) is 0 Å². The molecule has 1 aromatic carbocycles. The number of aliphatic hydroxyl groups is 1. The van der Waals surface area contributed by atoms with Crippen molar-refractivity contribution in [1.82, 2.24) is 4.72 Å². The maximum Gasteiger partial charge on any atom is 0.332 e. The summed E-state index contributed by atoms with van der Waals surface area (Å²) in [4.78, 5) is 21.1. The van der Waals surface area contributed by atoms with Gasteiger partial charge in [-0.2, -0.15) is 0 Å². The standard InChI is InChI=1S/C11H14N2O6S/c12-10(15)7-1-3-8(4-2-7)20(18,19)13-6-5-9(14)11(16)17/h1-4,9,13-14H,5-6H2,(H2,12,15)(H,16,17). The van der Waals surface area contributed by atoms with E-state index in [1.165, 1.54) is 24.3 Å². The van der Waals surface area contributed by atoms with E-state index in [0.717, 1.165) is 0 Å². The van der Waals surface area contributed by atoms with E-state index >= 15 is 0 Å². The monoisotopic (exact) mass is 302 g/mol. The lowest BCUT2D eigenvalue weighted by Crippen LogP contribution is -2.30. The fraction of sp³-hybridized carbons (Fsp3) is 0.273. The molecule has 1 rings (SSSR count). The number of hydrogen-bond acceptors (Lipinski definition) is 5. The Bertz CT molecular complexity index is 596. The van der Waals surface area contributed by atoms with Crippen LogP contribution >= 0.6 is 0 Å². The smallest absolute Gasteiger partial charge is 0.332 e. The average Bonchev–Trinajstić information content (AvgIpc) is 2.38. The van der Waals surface area contributed by atoms with Crippen molar-refractivity contribution in [2.75, 3.05) is 6.54 Å². The maximum atomic E-state index is 11.8. The lowest BCUT2D eigenvalue weighted by atomic mass is 10.2. The zero-order valence-corrected chi connectivity index (χ0v) is 11.1. The van der Waals surface area contributed by atoms with Crippen molar-refractivity contribution in [1.29, 1.82) is 0 Å². The molecular formula is C11H14N2O6S. The van der Waals surface area contributed by atoms with Crippen molar-refractivity contribution in [2.24, 2.45) is 5.73 Å². The van der Waals surface area contributed by atoms with E-state index in [-0.39, 0.29) is 23.4 Å². The fourth-order valence-corrected chi connectivity index (χ4v) is 2.38. The van der Waals surface area contributed by atoms with Gasteiger partial charge in [0.25, 0.3) is 0 Å². The summed E-state index contributed by atoms with van der Waals surface area (Å²) in [6.45, 7) is -0.229. The first kappa shape index (κ1) is 16.1. The number of aliphatic hydroxyl groups excluding tert-OH is 1. The zero-order valence-electron chi connectivity index (χ0n) is 10.3. The highest BCUT2D eigenvalue weighted by Crippen LogP contribution is 2.10. The van der Waals surface area contributed by atoms with Gasteiger partial charge in [-0.05, 0) is 30.7 Å². The molecule has 8 nitrogen and oxygen atoms in total. The second kappa shape index (κ2) is 6.46. The lowest BCUT2D eigenvalue weighted by Gasteiger charge is -2.08. The third-order valence-corrected chi connectivity index (χ3v) is 3.92. The molecule has 1 atom stereocenters. The number of nitrogens with one attached hydrogen (secondary N) is 1. The molecule has 9 heteroatoms. The van der Waals surface area contributed by atoms with Crippen molar-refractivity contribution in [3.8, 4) is 0 Å². The van der Waals surface area contributed by atoms with Crippen LogP contribution in [0, 0.1) is 0 Å². The zero-order chi connectivity index (χ0) is 15.3. The van der Waals surface area contributed by atoms with Crippen molar-refractivity contribution in [3.63, 3.8) is 0 Å². The second-order valence-corrected chi connectivity index (χ2v) is 5.70. The molecule has 0 saturated heterocycles. The van der Waals surface area contributed by atoms with E-state index in [1.807, 2.05) is 0 Å². The summed E-state index contributed by atoms with van der Waals surface area (Å²) >= 11 is 0. The lowest BCUT2D eigenvalue weighted by molar-refractivity contribution is -0.146. The molecule has 0 aromatic heterocycles. The molecule has 0 bridgehead atoms. The number of amides is 1. The van der Waals surface area contributed by atoms with E-state index < -0.39 is 28.0 Å². The first-order valence-electron chi connectivity index (χ1n) is 5.54. The van der Waals surface area contributed by atoms with Crippen LogP contribution in [0.25, 0.3) is 0 Å². The Morgan fingerprint density at radius 3 is 2.25 bits per heavy atom. The molecule has 20 heavy (non-hydrogen) atoms. The minimum atomic E-state index is -3.83. The Kier molecular flexibility index (Phi) is 5.19. The third-order valence-electron chi connectivity index (χ3n) is 2.44. The van der Waals surface area contributed by atoms with Crippen LogP contribution in [-0.2, 0) is 14.8 Å². The number of carboxylic acids is 1. The summed E-state index contributed by atoms with van der Waals surface area (Å²) in [7, 11) is -3.83. The summed E-state index contributed by atoms with van der Waals surface area (Å²) < 4.78 is 25.8. The number of rotatable bonds is 7. The molecule has 5 N–H and O–H groups in total. The van der Waals surface area contributed by atoms with Gasteiger partial charge < -0.3 is 15.9 Å². The van der Waals surface area contributed by atoms with Gasteiger partial charge in [-0.15, -0.1) is 0 Å². The van der Waals surface area contributed by atoms with Gasteiger partial charge in [0, 0.05) is 12.1 Å². The normalized spacial score (nSPS) is 12.8. The van der Waals surface area contributed by atoms with Crippen LogP contribution in [0.4, 0.5) is 0 Å².